The van der Waals surface area contributed by atoms with Crippen molar-refractivity contribution in [1.29, 1.82) is 0 Å². The lowest BCUT2D eigenvalue weighted by atomic mass is 10.1. The van der Waals surface area contributed by atoms with Crippen LogP contribution in [0.3, 0.4) is 0 Å². The Morgan fingerprint density at radius 3 is 3.00 bits per heavy atom. The molecular formula is C9H12N4O. The summed E-state index contributed by atoms with van der Waals surface area (Å²) in [7, 11) is 0. The number of rotatable bonds is 3. The van der Waals surface area contributed by atoms with Crippen molar-refractivity contribution < 1.29 is 4.52 Å². The molecule has 0 aliphatic heterocycles. The summed E-state index contributed by atoms with van der Waals surface area (Å²) in [5.74, 6) is 0.785. The molecule has 0 aliphatic carbocycles. The van der Waals surface area contributed by atoms with Crippen molar-refractivity contribution in [2.45, 2.75) is 13.3 Å². The number of nitrogens with zero attached hydrogens (tertiary/aromatic N) is 2. The van der Waals surface area contributed by atoms with Crippen LogP contribution in [0.25, 0.3) is 11.3 Å². The first kappa shape index (κ1) is 8.96. The van der Waals surface area contributed by atoms with Gasteiger partial charge in [0.25, 0.3) is 0 Å². The highest BCUT2D eigenvalue weighted by molar-refractivity contribution is 5.63. The Labute approximate surface area is 81.3 Å². The molecule has 5 nitrogen and oxygen atoms in total. The second-order valence-electron chi connectivity index (χ2n) is 3.10. The van der Waals surface area contributed by atoms with Crippen LogP contribution in [0.1, 0.15) is 11.3 Å². The first-order valence-corrected chi connectivity index (χ1v) is 4.47. The molecule has 0 fully saturated rings. The number of H-pyrrole nitrogens is 1. The molecule has 0 atom stereocenters. The molecule has 2 heterocycles. The number of aromatic nitrogens is 3. The molecule has 0 unspecified atom stereocenters. The van der Waals surface area contributed by atoms with Gasteiger partial charge in [-0.1, -0.05) is 5.16 Å². The van der Waals surface area contributed by atoms with Gasteiger partial charge in [-0.15, -0.1) is 0 Å². The molecule has 0 spiro atoms. The van der Waals surface area contributed by atoms with E-state index in [4.69, 9.17) is 10.3 Å². The molecule has 0 bridgehead atoms. The first-order valence-electron chi connectivity index (χ1n) is 4.47. The van der Waals surface area contributed by atoms with Gasteiger partial charge in [0.1, 0.15) is 5.76 Å². The monoisotopic (exact) mass is 192 g/mol. The Morgan fingerprint density at radius 1 is 1.50 bits per heavy atom. The molecule has 2 rings (SSSR count). The second-order valence-corrected chi connectivity index (χ2v) is 3.10. The van der Waals surface area contributed by atoms with Crippen LogP contribution >= 0.6 is 0 Å². The first-order chi connectivity index (χ1) is 6.83. The van der Waals surface area contributed by atoms with Crippen molar-refractivity contribution in [3.63, 3.8) is 0 Å². The SMILES string of the molecule is Cc1oncc1-c1[nH]ncc1CCN. The fraction of sp³-hybridized carbons (Fsp3) is 0.333. The third-order valence-electron chi connectivity index (χ3n) is 2.15. The normalized spacial score (nSPS) is 10.7. The molecule has 0 radical (unpaired) electrons. The number of nitrogens with one attached hydrogen (secondary N) is 1. The van der Waals surface area contributed by atoms with Crippen LogP contribution in [0, 0.1) is 6.92 Å². The maximum absolute atomic E-state index is 5.50. The van der Waals surface area contributed by atoms with Gasteiger partial charge in [0.2, 0.25) is 0 Å². The van der Waals surface area contributed by atoms with Crippen LogP contribution in [0.5, 0.6) is 0 Å². The number of aromatic amines is 1. The van der Waals surface area contributed by atoms with Gasteiger partial charge in [-0.05, 0) is 25.5 Å². The standard InChI is InChI=1S/C9H12N4O/c1-6-8(5-12-14-6)9-7(2-3-10)4-11-13-9/h4-5H,2-3,10H2,1H3,(H,11,13). The van der Waals surface area contributed by atoms with Crippen LogP contribution < -0.4 is 5.73 Å². The highest BCUT2D eigenvalue weighted by atomic mass is 16.5. The van der Waals surface area contributed by atoms with Gasteiger partial charge in [0, 0.05) is 0 Å². The van der Waals surface area contributed by atoms with Crippen molar-refractivity contribution in [1.82, 2.24) is 15.4 Å². The summed E-state index contributed by atoms with van der Waals surface area (Å²) in [5.41, 5.74) is 8.50. The Kier molecular flexibility index (Phi) is 2.32. The largest absolute Gasteiger partial charge is 0.361 e. The molecular weight excluding hydrogens is 180 g/mol. The molecule has 0 saturated carbocycles. The second kappa shape index (κ2) is 3.63. The molecule has 5 heteroatoms. The molecule has 0 aliphatic rings. The molecule has 74 valence electrons. The van der Waals surface area contributed by atoms with E-state index in [0.29, 0.717) is 6.54 Å². The number of aryl methyl sites for hydroxylation is 1. The molecule has 3 N–H and O–H groups in total. The summed E-state index contributed by atoms with van der Waals surface area (Å²) in [4.78, 5) is 0. The van der Waals surface area contributed by atoms with Gasteiger partial charge in [-0.2, -0.15) is 5.10 Å². The lowest BCUT2D eigenvalue weighted by molar-refractivity contribution is 0.398. The molecule has 0 amide bonds. The molecule has 2 aromatic heterocycles. The van der Waals surface area contributed by atoms with Crippen LogP contribution in [0.15, 0.2) is 16.9 Å². The van der Waals surface area contributed by atoms with E-state index in [9.17, 15) is 0 Å². The smallest absolute Gasteiger partial charge is 0.143 e. The van der Waals surface area contributed by atoms with E-state index in [2.05, 4.69) is 15.4 Å². The van der Waals surface area contributed by atoms with Crippen molar-refractivity contribution in [2.24, 2.45) is 5.73 Å². The Balaban J connectivity index is 2.41. The summed E-state index contributed by atoms with van der Waals surface area (Å²) in [6, 6.07) is 0. The number of hydrogen-bond acceptors (Lipinski definition) is 4. The summed E-state index contributed by atoms with van der Waals surface area (Å²) < 4.78 is 4.99. The van der Waals surface area contributed by atoms with E-state index in [1.54, 1.807) is 12.4 Å². The van der Waals surface area contributed by atoms with Crippen molar-refractivity contribution in [3.8, 4) is 11.3 Å². The lowest BCUT2D eigenvalue weighted by Gasteiger charge is -1.98. The quantitative estimate of drug-likeness (QED) is 0.756. The average molecular weight is 192 g/mol. The lowest BCUT2D eigenvalue weighted by Crippen LogP contribution is -2.02. The number of hydrogen-bond donors (Lipinski definition) is 2. The van der Waals surface area contributed by atoms with Crippen molar-refractivity contribution in [3.05, 3.63) is 23.7 Å². The zero-order chi connectivity index (χ0) is 9.97. The summed E-state index contributed by atoms with van der Waals surface area (Å²) in [6.45, 7) is 2.48. The fourth-order valence-electron chi connectivity index (χ4n) is 1.43. The minimum absolute atomic E-state index is 0.608. The maximum Gasteiger partial charge on any atom is 0.143 e. The summed E-state index contributed by atoms with van der Waals surface area (Å²) in [5, 5.41) is 10.6. The molecule has 14 heavy (non-hydrogen) atoms. The van der Waals surface area contributed by atoms with Gasteiger partial charge < -0.3 is 10.3 Å². The van der Waals surface area contributed by atoms with Crippen LogP contribution in [0.2, 0.25) is 0 Å². The zero-order valence-electron chi connectivity index (χ0n) is 7.95. The van der Waals surface area contributed by atoms with E-state index in [-0.39, 0.29) is 0 Å². The zero-order valence-corrected chi connectivity index (χ0v) is 7.95. The van der Waals surface area contributed by atoms with E-state index in [1.165, 1.54) is 0 Å². The van der Waals surface area contributed by atoms with Gasteiger partial charge in [-0.3, -0.25) is 5.10 Å². The Bertz CT molecular complexity index is 418. The molecule has 2 aromatic rings. The minimum Gasteiger partial charge on any atom is -0.361 e. The highest BCUT2D eigenvalue weighted by Crippen LogP contribution is 2.24. The average Bonchev–Trinajstić information content (AvgIpc) is 2.74. The Morgan fingerprint density at radius 2 is 2.36 bits per heavy atom. The number of nitrogens with two attached hydrogens (primary N) is 1. The van der Waals surface area contributed by atoms with E-state index >= 15 is 0 Å². The van der Waals surface area contributed by atoms with E-state index in [1.807, 2.05) is 6.92 Å². The maximum atomic E-state index is 5.50. The fourth-order valence-corrected chi connectivity index (χ4v) is 1.43. The minimum atomic E-state index is 0.608. The van der Waals surface area contributed by atoms with Crippen LogP contribution in [-0.4, -0.2) is 21.9 Å². The van der Waals surface area contributed by atoms with E-state index in [0.717, 1.165) is 29.0 Å². The third kappa shape index (κ3) is 1.42. The van der Waals surface area contributed by atoms with Crippen molar-refractivity contribution >= 4 is 0 Å². The predicted molar refractivity (Wildman–Crippen MR) is 51.6 cm³/mol. The molecule has 0 aromatic carbocycles. The topological polar surface area (TPSA) is 80.7 Å². The van der Waals surface area contributed by atoms with Crippen LogP contribution in [0.4, 0.5) is 0 Å². The Hall–Kier alpha value is -1.62. The van der Waals surface area contributed by atoms with Gasteiger partial charge >= 0.3 is 0 Å². The van der Waals surface area contributed by atoms with Crippen molar-refractivity contribution in [2.75, 3.05) is 6.54 Å². The summed E-state index contributed by atoms with van der Waals surface area (Å²) >= 11 is 0. The van der Waals surface area contributed by atoms with Gasteiger partial charge in [0.15, 0.2) is 0 Å². The van der Waals surface area contributed by atoms with E-state index < -0.39 is 0 Å². The van der Waals surface area contributed by atoms with Gasteiger partial charge in [-0.25, -0.2) is 0 Å². The van der Waals surface area contributed by atoms with Gasteiger partial charge in [0.05, 0.1) is 23.7 Å². The third-order valence-corrected chi connectivity index (χ3v) is 2.15. The molecule has 0 saturated heterocycles. The predicted octanol–water partition coefficient (Wildman–Crippen LogP) is 0.874. The summed E-state index contributed by atoms with van der Waals surface area (Å²) in [6.07, 6.45) is 4.27. The highest BCUT2D eigenvalue weighted by Gasteiger charge is 2.12. The van der Waals surface area contributed by atoms with Crippen LogP contribution in [-0.2, 0) is 6.42 Å².